The molecule has 0 unspecified atom stereocenters. The molecule has 32 heavy (non-hydrogen) atoms. The van der Waals surface area contributed by atoms with Gasteiger partial charge in [-0.25, -0.2) is 0 Å². The second-order valence-corrected chi connectivity index (χ2v) is 8.76. The predicted molar refractivity (Wildman–Crippen MR) is 125 cm³/mol. The lowest BCUT2D eigenvalue weighted by Gasteiger charge is -2.17. The van der Waals surface area contributed by atoms with Gasteiger partial charge in [0.2, 0.25) is 0 Å². The number of amides is 2. The van der Waals surface area contributed by atoms with Crippen LogP contribution in [0.5, 0.6) is 0 Å². The van der Waals surface area contributed by atoms with E-state index in [1.807, 2.05) is 31.3 Å². The number of nitrogen functional groups attached to an aromatic ring is 1. The lowest BCUT2D eigenvalue weighted by molar-refractivity contribution is 0.0752. The van der Waals surface area contributed by atoms with E-state index in [9.17, 15) is 9.59 Å². The molecule has 0 fully saturated rings. The highest BCUT2D eigenvalue weighted by atomic mass is 16.2. The highest BCUT2D eigenvalue weighted by molar-refractivity contribution is 6.04. The van der Waals surface area contributed by atoms with Crippen molar-refractivity contribution in [1.82, 2.24) is 25.7 Å². The van der Waals surface area contributed by atoms with Gasteiger partial charge in [0, 0.05) is 48.5 Å². The van der Waals surface area contributed by atoms with Gasteiger partial charge in [-0.2, -0.15) is 5.10 Å². The van der Waals surface area contributed by atoms with Crippen LogP contribution < -0.4 is 16.4 Å². The van der Waals surface area contributed by atoms with Crippen molar-refractivity contribution in [3.63, 3.8) is 0 Å². The van der Waals surface area contributed by atoms with Gasteiger partial charge in [-0.15, -0.1) is 0 Å². The van der Waals surface area contributed by atoms with Crippen LogP contribution in [-0.2, 0) is 19.5 Å². The summed E-state index contributed by atoms with van der Waals surface area (Å²) in [7, 11) is 1.84. The SMILES string of the molecule is CNCCNC(=O)c1ccc2c(c1)CN(C(=O)c1cc3c(CC(C)C)[nH]nc3cc1N)C2. The molecular formula is C24H30N6O2. The van der Waals surface area contributed by atoms with Crippen molar-refractivity contribution in [3.8, 4) is 0 Å². The number of benzene rings is 2. The summed E-state index contributed by atoms with van der Waals surface area (Å²) in [5.41, 5.74) is 11.6. The Hall–Kier alpha value is -3.39. The Kier molecular flexibility index (Phi) is 6.14. The third kappa shape index (κ3) is 4.31. The van der Waals surface area contributed by atoms with Crippen LogP contribution in [0, 0.1) is 5.92 Å². The standard InChI is InChI=1S/C24H30N6O2/c1-14(2)8-21-19-10-18(20(25)11-22(19)29-28-21)24(32)30-12-16-5-4-15(9-17(16)13-30)23(31)27-7-6-26-3/h4-5,9-11,14,26H,6-8,12-13,25H2,1-3H3,(H,27,31)(H,28,29). The first-order valence-corrected chi connectivity index (χ1v) is 11.0. The zero-order valence-electron chi connectivity index (χ0n) is 18.8. The molecule has 0 saturated carbocycles. The molecule has 0 aliphatic carbocycles. The molecule has 0 spiro atoms. The molecule has 1 aliphatic rings. The van der Waals surface area contributed by atoms with E-state index in [0.29, 0.717) is 48.9 Å². The van der Waals surface area contributed by atoms with Crippen molar-refractivity contribution in [2.75, 3.05) is 25.9 Å². The summed E-state index contributed by atoms with van der Waals surface area (Å²) in [6.07, 6.45) is 0.850. The molecule has 0 atom stereocenters. The molecule has 4 rings (SSSR count). The second-order valence-electron chi connectivity index (χ2n) is 8.76. The van der Waals surface area contributed by atoms with Crippen LogP contribution in [0.15, 0.2) is 30.3 Å². The molecule has 8 nitrogen and oxygen atoms in total. The fourth-order valence-corrected chi connectivity index (χ4v) is 4.13. The molecule has 0 saturated heterocycles. The van der Waals surface area contributed by atoms with Crippen molar-refractivity contribution in [1.29, 1.82) is 0 Å². The molecule has 0 bridgehead atoms. The first-order chi connectivity index (χ1) is 15.4. The normalized spacial score (nSPS) is 13.1. The van der Waals surface area contributed by atoms with E-state index in [2.05, 4.69) is 34.7 Å². The molecule has 0 radical (unpaired) electrons. The van der Waals surface area contributed by atoms with Crippen LogP contribution in [-0.4, -0.2) is 47.0 Å². The Bertz CT molecular complexity index is 1170. The van der Waals surface area contributed by atoms with Gasteiger partial charge in [0.05, 0.1) is 11.1 Å². The van der Waals surface area contributed by atoms with Crippen LogP contribution in [0.4, 0.5) is 5.69 Å². The minimum atomic E-state index is -0.114. The van der Waals surface area contributed by atoms with Gasteiger partial charge >= 0.3 is 0 Å². The van der Waals surface area contributed by atoms with Gasteiger partial charge < -0.3 is 21.3 Å². The maximum Gasteiger partial charge on any atom is 0.256 e. The topological polar surface area (TPSA) is 116 Å². The lowest BCUT2D eigenvalue weighted by atomic mass is 10.0. The average molecular weight is 435 g/mol. The summed E-state index contributed by atoms with van der Waals surface area (Å²) in [6, 6.07) is 9.24. The van der Waals surface area contributed by atoms with Crippen LogP contribution in [0.1, 0.15) is 51.4 Å². The molecular weight excluding hydrogens is 404 g/mol. The average Bonchev–Trinajstić information content (AvgIpc) is 3.35. The van der Waals surface area contributed by atoms with Gasteiger partial charge in [0.1, 0.15) is 0 Å². The largest absolute Gasteiger partial charge is 0.398 e. The molecule has 2 amide bonds. The number of aromatic amines is 1. The fourth-order valence-electron chi connectivity index (χ4n) is 4.13. The van der Waals surface area contributed by atoms with E-state index < -0.39 is 0 Å². The Morgan fingerprint density at radius 2 is 1.94 bits per heavy atom. The van der Waals surface area contributed by atoms with Gasteiger partial charge in [0.15, 0.2) is 0 Å². The minimum Gasteiger partial charge on any atom is -0.398 e. The molecule has 1 aromatic heterocycles. The number of nitrogens with zero attached hydrogens (tertiary/aromatic N) is 2. The lowest BCUT2D eigenvalue weighted by Crippen LogP contribution is -2.30. The smallest absolute Gasteiger partial charge is 0.256 e. The number of H-pyrrole nitrogens is 1. The van der Waals surface area contributed by atoms with E-state index >= 15 is 0 Å². The molecule has 2 heterocycles. The predicted octanol–water partition coefficient (Wildman–Crippen LogP) is 2.45. The number of nitrogens with one attached hydrogen (secondary N) is 3. The minimum absolute atomic E-state index is 0.111. The number of likely N-dealkylation sites (N-methyl/N-ethyl adjacent to an activating group) is 1. The summed E-state index contributed by atoms with van der Waals surface area (Å²) < 4.78 is 0. The Morgan fingerprint density at radius 1 is 1.16 bits per heavy atom. The van der Waals surface area contributed by atoms with Crippen molar-refractivity contribution in [2.24, 2.45) is 5.92 Å². The van der Waals surface area contributed by atoms with E-state index in [1.54, 1.807) is 11.0 Å². The van der Waals surface area contributed by atoms with Crippen LogP contribution in [0.3, 0.4) is 0 Å². The van der Waals surface area contributed by atoms with Crippen molar-refractivity contribution < 1.29 is 9.59 Å². The Balaban J connectivity index is 1.54. The van der Waals surface area contributed by atoms with Gasteiger partial charge in [-0.05, 0) is 54.8 Å². The third-order valence-electron chi connectivity index (χ3n) is 5.79. The van der Waals surface area contributed by atoms with Gasteiger partial charge in [-0.1, -0.05) is 19.9 Å². The van der Waals surface area contributed by atoms with Gasteiger partial charge in [-0.3, -0.25) is 14.7 Å². The van der Waals surface area contributed by atoms with E-state index in [-0.39, 0.29) is 11.8 Å². The number of fused-ring (bicyclic) bond motifs is 2. The molecule has 8 heteroatoms. The highest BCUT2D eigenvalue weighted by Gasteiger charge is 2.27. The number of aromatic nitrogens is 2. The number of rotatable bonds is 7. The zero-order chi connectivity index (χ0) is 22.8. The zero-order valence-corrected chi connectivity index (χ0v) is 18.8. The second kappa shape index (κ2) is 9.00. The summed E-state index contributed by atoms with van der Waals surface area (Å²) >= 11 is 0. The maximum atomic E-state index is 13.4. The molecule has 168 valence electrons. The first kappa shape index (κ1) is 21.8. The Morgan fingerprint density at radius 3 is 2.69 bits per heavy atom. The van der Waals surface area contributed by atoms with E-state index in [0.717, 1.165) is 34.1 Å². The fraction of sp³-hybridized carbons (Fsp3) is 0.375. The monoisotopic (exact) mass is 434 g/mol. The summed E-state index contributed by atoms with van der Waals surface area (Å²) in [4.78, 5) is 27.5. The van der Waals surface area contributed by atoms with Crippen LogP contribution >= 0.6 is 0 Å². The van der Waals surface area contributed by atoms with Gasteiger partial charge in [0.25, 0.3) is 11.8 Å². The summed E-state index contributed by atoms with van der Waals surface area (Å²) in [5, 5.41) is 14.3. The number of carbonyl (C=O) groups excluding carboxylic acids is 2. The van der Waals surface area contributed by atoms with Crippen molar-refractivity contribution >= 4 is 28.4 Å². The number of hydrogen-bond acceptors (Lipinski definition) is 5. The number of hydrogen-bond donors (Lipinski definition) is 4. The number of carbonyl (C=O) groups is 2. The van der Waals surface area contributed by atoms with E-state index in [4.69, 9.17) is 5.73 Å². The first-order valence-electron chi connectivity index (χ1n) is 11.0. The van der Waals surface area contributed by atoms with E-state index in [1.165, 1.54) is 0 Å². The van der Waals surface area contributed by atoms with Crippen molar-refractivity contribution in [3.05, 3.63) is 58.3 Å². The quantitative estimate of drug-likeness (QED) is 0.337. The number of nitrogens with two attached hydrogens (primary N) is 1. The Labute approximate surface area is 187 Å². The maximum absolute atomic E-state index is 13.4. The number of anilines is 1. The third-order valence-corrected chi connectivity index (χ3v) is 5.79. The molecule has 3 aromatic rings. The van der Waals surface area contributed by atoms with Crippen LogP contribution in [0.25, 0.3) is 10.9 Å². The molecule has 5 N–H and O–H groups in total. The summed E-state index contributed by atoms with van der Waals surface area (Å²) in [5.74, 6) is 0.241. The molecule has 2 aromatic carbocycles. The molecule has 1 aliphatic heterocycles. The van der Waals surface area contributed by atoms with Crippen LogP contribution in [0.2, 0.25) is 0 Å². The summed E-state index contributed by atoms with van der Waals surface area (Å²) in [6.45, 7) is 6.51. The highest BCUT2D eigenvalue weighted by Crippen LogP contribution is 2.29. The van der Waals surface area contributed by atoms with Crippen molar-refractivity contribution in [2.45, 2.75) is 33.4 Å².